The Kier molecular flexibility index (Phi) is 1.91. The third-order valence-electron chi connectivity index (χ3n) is 2.27. The van der Waals surface area contributed by atoms with Gasteiger partial charge >= 0.3 is 0 Å². The van der Waals surface area contributed by atoms with Crippen molar-refractivity contribution in [2.45, 2.75) is 13.0 Å². The fraction of sp³-hybridized carbons (Fsp3) is 0.333. The summed E-state index contributed by atoms with van der Waals surface area (Å²) in [7, 11) is 5.67. The molecule has 0 spiro atoms. The van der Waals surface area contributed by atoms with Crippen molar-refractivity contribution in [1.29, 1.82) is 0 Å². The first-order valence-electron chi connectivity index (χ1n) is 4.12. The highest BCUT2D eigenvalue weighted by Gasteiger charge is 2.12. The van der Waals surface area contributed by atoms with Crippen LogP contribution >= 0.6 is 0 Å². The maximum absolute atomic E-state index is 5.69. The first kappa shape index (κ1) is 7.83. The Morgan fingerprint density at radius 3 is 3.00 bits per heavy atom. The molecule has 60 valence electrons. The predicted molar refractivity (Wildman–Crippen MR) is 50.1 cm³/mol. The standard InChI is InChI=1S/C9H11BN2/c10-9-2-1-8-6-12(11)4-3-7(8)5-9/h1-2,5H,3-4,6,11H2. The summed E-state index contributed by atoms with van der Waals surface area (Å²) < 4.78 is 0. The van der Waals surface area contributed by atoms with Crippen molar-refractivity contribution in [2.75, 3.05) is 6.54 Å². The summed E-state index contributed by atoms with van der Waals surface area (Å²) in [4.78, 5) is 0. The van der Waals surface area contributed by atoms with Crippen LogP contribution in [0.1, 0.15) is 11.1 Å². The summed E-state index contributed by atoms with van der Waals surface area (Å²) in [5, 5.41) is 1.83. The van der Waals surface area contributed by atoms with E-state index < -0.39 is 0 Å². The minimum atomic E-state index is 0.843. The zero-order valence-electron chi connectivity index (χ0n) is 6.96. The van der Waals surface area contributed by atoms with Gasteiger partial charge in [-0.2, -0.15) is 0 Å². The van der Waals surface area contributed by atoms with Crippen molar-refractivity contribution < 1.29 is 0 Å². The molecule has 0 aliphatic carbocycles. The van der Waals surface area contributed by atoms with Crippen LogP contribution in [0.2, 0.25) is 0 Å². The summed E-state index contributed by atoms with van der Waals surface area (Å²) in [6, 6.07) is 6.03. The number of hydrazine groups is 1. The van der Waals surface area contributed by atoms with Crippen LogP contribution in [-0.2, 0) is 13.0 Å². The van der Waals surface area contributed by atoms with E-state index in [1.165, 1.54) is 11.1 Å². The number of hydrogen-bond acceptors (Lipinski definition) is 2. The maximum Gasteiger partial charge on any atom is 0.113 e. The smallest absolute Gasteiger partial charge is 0.113 e. The van der Waals surface area contributed by atoms with E-state index in [1.807, 2.05) is 17.1 Å². The zero-order valence-corrected chi connectivity index (χ0v) is 6.96. The lowest BCUT2D eigenvalue weighted by Crippen LogP contribution is -2.36. The third kappa shape index (κ3) is 1.38. The quantitative estimate of drug-likeness (QED) is 0.415. The lowest BCUT2D eigenvalue weighted by Gasteiger charge is -2.24. The summed E-state index contributed by atoms with van der Waals surface area (Å²) in [6.07, 6.45) is 1.01. The molecule has 0 saturated carbocycles. The number of fused-ring (bicyclic) bond motifs is 1. The molecule has 12 heavy (non-hydrogen) atoms. The molecule has 2 rings (SSSR count). The Morgan fingerprint density at radius 2 is 2.17 bits per heavy atom. The van der Waals surface area contributed by atoms with Gasteiger partial charge in [0.25, 0.3) is 0 Å². The van der Waals surface area contributed by atoms with E-state index in [0.717, 1.165) is 25.0 Å². The van der Waals surface area contributed by atoms with Crippen LogP contribution in [0.15, 0.2) is 18.2 Å². The van der Waals surface area contributed by atoms with Crippen molar-refractivity contribution in [3.8, 4) is 0 Å². The third-order valence-corrected chi connectivity index (χ3v) is 2.27. The normalized spacial score (nSPS) is 17.4. The van der Waals surface area contributed by atoms with Gasteiger partial charge in [0.05, 0.1) is 0 Å². The summed E-state index contributed by atoms with van der Waals surface area (Å²) in [5.41, 5.74) is 3.49. The van der Waals surface area contributed by atoms with Crippen molar-refractivity contribution in [2.24, 2.45) is 5.84 Å². The Bertz CT molecular complexity index is 299. The second-order valence-electron chi connectivity index (χ2n) is 3.25. The zero-order chi connectivity index (χ0) is 8.55. The molecule has 0 bridgehead atoms. The Labute approximate surface area is 73.7 Å². The molecule has 0 atom stereocenters. The van der Waals surface area contributed by atoms with E-state index in [9.17, 15) is 0 Å². The molecule has 0 fully saturated rings. The molecule has 0 saturated heterocycles. The first-order chi connectivity index (χ1) is 5.75. The average Bonchev–Trinajstić information content (AvgIpc) is 2.05. The van der Waals surface area contributed by atoms with Crippen LogP contribution in [0, 0.1) is 0 Å². The van der Waals surface area contributed by atoms with Gasteiger partial charge in [0.1, 0.15) is 7.85 Å². The number of nitrogens with two attached hydrogens (primary N) is 1. The SMILES string of the molecule is [B]c1ccc2c(c1)CCN(N)C2. The lowest BCUT2D eigenvalue weighted by atomic mass is 9.90. The molecule has 1 heterocycles. The van der Waals surface area contributed by atoms with Gasteiger partial charge in [-0.3, -0.25) is 5.84 Å². The highest BCUT2D eigenvalue weighted by Crippen LogP contribution is 2.14. The topological polar surface area (TPSA) is 29.3 Å². The van der Waals surface area contributed by atoms with Gasteiger partial charge in [0.2, 0.25) is 0 Å². The maximum atomic E-state index is 5.69. The molecule has 2 N–H and O–H groups in total. The lowest BCUT2D eigenvalue weighted by molar-refractivity contribution is 0.263. The molecular formula is C9H11BN2. The van der Waals surface area contributed by atoms with E-state index in [-0.39, 0.29) is 0 Å². The minimum absolute atomic E-state index is 0.843. The Hall–Kier alpha value is -0.795. The molecule has 0 unspecified atom stereocenters. The van der Waals surface area contributed by atoms with Crippen molar-refractivity contribution in [3.63, 3.8) is 0 Å². The summed E-state index contributed by atoms with van der Waals surface area (Å²) in [6.45, 7) is 1.77. The van der Waals surface area contributed by atoms with E-state index in [1.54, 1.807) is 0 Å². The summed E-state index contributed by atoms with van der Waals surface area (Å²) >= 11 is 0. The second-order valence-corrected chi connectivity index (χ2v) is 3.25. The largest absolute Gasteiger partial charge is 0.268 e. The molecule has 0 amide bonds. The first-order valence-corrected chi connectivity index (χ1v) is 4.12. The molecule has 2 nitrogen and oxygen atoms in total. The average molecular weight is 158 g/mol. The van der Waals surface area contributed by atoms with E-state index in [2.05, 4.69) is 6.07 Å². The molecule has 1 aliphatic heterocycles. The van der Waals surface area contributed by atoms with Gasteiger partial charge in [-0.05, 0) is 17.5 Å². The molecule has 1 aromatic carbocycles. The van der Waals surface area contributed by atoms with Gasteiger partial charge in [-0.15, -0.1) is 0 Å². The number of nitrogens with zero attached hydrogens (tertiary/aromatic N) is 1. The van der Waals surface area contributed by atoms with E-state index in [0.29, 0.717) is 0 Å². The van der Waals surface area contributed by atoms with E-state index in [4.69, 9.17) is 13.7 Å². The van der Waals surface area contributed by atoms with Crippen LogP contribution in [-0.4, -0.2) is 19.4 Å². The van der Waals surface area contributed by atoms with Gasteiger partial charge in [-0.25, -0.2) is 5.01 Å². The molecule has 1 aliphatic rings. The molecule has 3 heteroatoms. The summed E-state index contributed by atoms with van der Waals surface area (Å²) in [5.74, 6) is 5.69. The van der Waals surface area contributed by atoms with Crippen LogP contribution in [0.4, 0.5) is 0 Å². The number of rotatable bonds is 0. The van der Waals surface area contributed by atoms with E-state index >= 15 is 0 Å². The van der Waals surface area contributed by atoms with Crippen LogP contribution < -0.4 is 11.3 Å². The van der Waals surface area contributed by atoms with Crippen LogP contribution in [0.5, 0.6) is 0 Å². The van der Waals surface area contributed by atoms with Crippen molar-refractivity contribution >= 4 is 13.3 Å². The predicted octanol–water partition coefficient (Wildman–Crippen LogP) is -0.288. The number of benzene rings is 1. The second kappa shape index (κ2) is 2.92. The highest BCUT2D eigenvalue weighted by molar-refractivity contribution is 6.32. The van der Waals surface area contributed by atoms with Crippen molar-refractivity contribution in [1.82, 2.24) is 5.01 Å². The van der Waals surface area contributed by atoms with Gasteiger partial charge in [0.15, 0.2) is 0 Å². The fourth-order valence-electron chi connectivity index (χ4n) is 1.59. The Morgan fingerprint density at radius 1 is 1.33 bits per heavy atom. The van der Waals surface area contributed by atoms with Gasteiger partial charge in [0, 0.05) is 13.1 Å². The molecular weight excluding hydrogens is 147 g/mol. The Balaban J connectivity index is 2.37. The van der Waals surface area contributed by atoms with Crippen LogP contribution in [0.3, 0.4) is 0 Å². The van der Waals surface area contributed by atoms with Crippen LogP contribution in [0.25, 0.3) is 0 Å². The van der Waals surface area contributed by atoms with Gasteiger partial charge < -0.3 is 0 Å². The highest BCUT2D eigenvalue weighted by atomic mass is 15.4. The molecule has 2 radical (unpaired) electrons. The molecule has 0 aromatic heterocycles. The van der Waals surface area contributed by atoms with Crippen molar-refractivity contribution in [3.05, 3.63) is 29.3 Å². The number of hydrogen-bond donors (Lipinski definition) is 1. The molecule has 1 aromatic rings. The minimum Gasteiger partial charge on any atom is -0.268 e. The monoisotopic (exact) mass is 158 g/mol. The fourth-order valence-corrected chi connectivity index (χ4v) is 1.59. The van der Waals surface area contributed by atoms with Gasteiger partial charge in [-0.1, -0.05) is 23.7 Å².